The summed E-state index contributed by atoms with van der Waals surface area (Å²) in [5, 5.41) is 3.32. The summed E-state index contributed by atoms with van der Waals surface area (Å²) in [4.78, 5) is 8.90. The van der Waals surface area contributed by atoms with Gasteiger partial charge in [-0.3, -0.25) is 0 Å². The molecule has 1 aromatic rings. The second-order valence-electron chi connectivity index (χ2n) is 4.83. The van der Waals surface area contributed by atoms with Crippen LogP contribution < -0.4 is 5.32 Å². The third-order valence-electron chi connectivity index (χ3n) is 3.04. The Hall–Kier alpha value is -0.960. The third-order valence-corrected chi connectivity index (χ3v) is 3.04. The predicted octanol–water partition coefficient (Wildman–Crippen LogP) is 2.44. The minimum absolute atomic E-state index is 0.425. The van der Waals surface area contributed by atoms with Crippen molar-refractivity contribution in [3.63, 3.8) is 0 Å². The van der Waals surface area contributed by atoms with E-state index in [9.17, 15) is 0 Å². The fourth-order valence-electron chi connectivity index (χ4n) is 2.27. The number of nitrogens with zero attached hydrogens (tertiary/aromatic N) is 2. The molecule has 0 saturated heterocycles. The first-order valence-corrected chi connectivity index (χ1v) is 5.95. The summed E-state index contributed by atoms with van der Waals surface area (Å²) in [6, 6.07) is 2.53. The molecule has 90 valence electrons. The predicted molar refractivity (Wildman–Crippen MR) is 67.6 cm³/mol. The lowest BCUT2D eigenvalue weighted by Gasteiger charge is -2.27. The molecule has 1 heterocycles. The van der Waals surface area contributed by atoms with Crippen LogP contribution in [0.4, 0.5) is 0 Å². The van der Waals surface area contributed by atoms with Crippen molar-refractivity contribution in [2.75, 3.05) is 7.05 Å². The second kappa shape index (κ2) is 5.39. The molecule has 0 aliphatic carbocycles. The zero-order chi connectivity index (χ0) is 12.3. The van der Waals surface area contributed by atoms with E-state index < -0.39 is 0 Å². The summed E-state index contributed by atoms with van der Waals surface area (Å²) in [6.45, 7) is 10.7. The molecule has 3 heteroatoms. The molecular formula is C13H23N3. The molecular weight excluding hydrogens is 198 g/mol. The van der Waals surface area contributed by atoms with Crippen molar-refractivity contribution < 1.29 is 0 Å². The SMILES string of the molecule is CNC(C)C(c1cc(C)nc(C)n1)C(C)C. The molecule has 0 aliphatic rings. The van der Waals surface area contributed by atoms with Crippen molar-refractivity contribution in [1.82, 2.24) is 15.3 Å². The minimum atomic E-state index is 0.425. The maximum Gasteiger partial charge on any atom is 0.125 e. The zero-order valence-corrected chi connectivity index (χ0v) is 11.2. The van der Waals surface area contributed by atoms with Crippen LogP contribution in [0.5, 0.6) is 0 Å². The average molecular weight is 221 g/mol. The Morgan fingerprint density at radius 3 is 2.19 bits per heavy atom. The van der Waals surface area contributed by atoms with E-state index in [2.05, 4.69) is 42.1 Å². The summed E-state index contributed by atoms with van der Waals surface area (Å²) in [5.74, 6) is 1.87. The van der Waals surface area contributed by atoms with Gasteiger partial charge in [0.25, 0.3) is 0 Å². The second-order valence-corrected chi connectivity index (χ2v) is 4.83. The topological polar surface area (TPSA) is 37.8 Å². The van der Waals surface area contributed by atoms with Crippen LogP contribution in [0.3, 0.4) is 0 Å². The monoisotopic (exact) mass is 221 g/mol. The minimum Gasteiger partial charge on any atom is -0.317 e. The van der Waals surface area contributed by atoms with Crippen molar-refractivity contribution in [2.24, 2.45) is 5.92 Å². The first-order valence-electron chi connectivity index (χ1n) is 5.95. The fourth-order valence-corrected chi connectivity index (χ4v) is 2.27. The van der Waals surface area contributed by atoms with Gasteiger partial charge in [0.1, 0.15) is 5.82 Å². The van der Waals surface area contributed by atoms with Crippen molar-refractivity contribution >= 4 is 0 Å². The van der Waals surface area contributed by atoms with Gasteiger partial charge >= 0.3 is 0 Å². The Labute approximate surface area is 98.7 Å². The van der Waals surface area contributed by atoms with E-state index in [0.717, 1.165) is 17.2 Å². The van der Waals surface area contributed by atoms with Gasteiger partial charge in [-0.25, -0.2) is 9.97 Å². The molecule has 0 fully saturated rings. The van der Waals surface area contributed by atoms with E-state index in [-0.39, 0.29) is 0 Å². The van der Waals surface area contributed by atoms with E-state index in [1.165, 1.54) is 0 Å². The maximum absolute atomic E-state index is 4.57. The van der Waals surface area contributed by atoms with Gasteiger partial charge in [-0.15, -0.1) is 0 Å². The summed E-state index contributed by atoms with van der Waals surface area (Å²) in [7, 11) is 2.00. The van der Waals surface area contributed by atoms with Crippen LogP contribution in [0, 0.1) is 19.8 Å². The number of nitrogens with one attached hydrogen (secondary N) is 1. The number of rotatable bonds is 4. The third kappa shape index (κ3) is 3.01. The van der Waals surface area contributed by atoms with E-state index in [0.29, 0.717) is 17.9 Å². The summed E-state index contributed by atoms with van der Waals surface area (Å²) >= 11 is 0. The highest BCUT2D eigenvalue weighted by Gasteiger charge is 2.23. The number of hydrogen-bond donors (Lipinski definition) is 1. The summed E-state index contributed by atoms with van der Waals surface area (Å²) in [5.41, 5.74) is 2.21. The van der Waals surface area contributed by atoms with Crippen molar-refractivity contribution in [2.45, 2.75) is 46.6 Å². The first kappa shape index (κ1) is 13.1. The molecule has 0 spiro atoms. The van der Waals surface area contributed by atoms with E-state index in [1.807, 2.05) is 20.9 Å². The molecule has 0 bridgehead atoms. The molecule has 2 unspecified atom stereocenters. The zero-order valence-electron chi connectivity index (χ0n) is 11.2. The van der Waals surface area contributed by atoms with Crippen LogP contribution in [-0.4, -0.2) is 23.1 Å². The van der Waals surface area contributed by atoms with Crippen LogP contribution in [0.2, 0.25) is 0 Å². The van der Waals surface area contributed by atoms with Gasteiger partial charge < -0.3 is 5.32 Å². The Kier molecular flexibility index (Phi) is 4.42. The standard InChI is InChI=1S/C13H23N3/c1-8(2)13(10(4)14-6)12-7-9(3)15-11(5)16-12/h7-8,10,13-14H,1-6H3. The van der Waals surface area contributed by atoms with Crippen molar-refractivity contribution in [3.05, 3.63) is 23.3 Å². The summed E-state index contributed by atoms with van der Waals surface area (Å²) in [6.07, 6.45) is 0. The number of hydrogen-bond acceptors (Lipinski definition) is 3. The highest BCUT2D eigenvalue weighted by Crippen LogP contribution is 2.26. The van der Waals surface area contributed by atoms with Crippen LogP contribution in [0.15, 0.2) is 6.07 Å². The highest BCUT2D eigenvalue weighted by molar-refractivity contribution is 5.16. The molecule has 1 rings (SSSR count). The van der Waals surface area contributed by atoms with Gasteiger partial charge in [0.2, 0.25) is 0 Å². The Bertz CT molecular complexity index is 327. The number of likely N-dealkylation sites (N-methyl/N-ethyl adjacent to an activating group) is 1. The molecule has 0 radical (unpaired) electrons. The molecule has 2 atom stereocenters. The first-order chi connectivity index (χ1) is 7.45. The average Bonchev–Trinajstić information content (AvgIpc) is 2.15. The Morgan fingerprint density at radius 1 is 1.12 bits per heavy atom. The Balaban J connectivity index is 3.10. The smallest absolute Gasteiger partial charge is 0.125 e. The molecule has 0 aliphatic heterocycles. The van der Waals surface area contributed by atoms with Crippen LogP contribution in [0.25, 0.3) is 0 Å². The van der Waals surface area contributed by atoms with E-state index >= 15 is 0 Å². The van der Waals surface area contributed by atoms with Crippen LogP contribution in [-0.2, 0) is 0 Å². The van der Waals surface area contributed by atoms with Gasteiger partial charge in [-0.05, 0) is 39.8 Å². The quantitative estimate of drug-likeness (QED) is 0.848. The molecule has 0 saturated carbocycles. The summed E-state index contributed by atoms with van der Waals surface area (Å²) < 4.78 is 0. The lowest BCUT2D eigenvalue weighted by atomic mass is 9.86. The molecule has 3 nitrogen and oxygen atoms in total. The fraction of sp³-hybridized carbons (Fsp3) is 0.692. The Morgan fingerprint density at radius 2 is 1.75 bits per heavy atom. The lowest BCUT2D eigenvalue weighted by molar-refractivity contribution is 0.387. The van der Waals surface area contributed by atoms with Gasteiger partial charge in [-0.2, -0.15) is 0 Å². The lowest BCUT2D eigenvalue weighted by Crippen LogP contribution is -2.32. The normalized spacial score (nSPS) is 15.2. The van der Waals surface area contributed by atoms with Crippen molar-refractivity contribution in [1.29, 1.82) is 0 Å². The van der Waals surface area contributed by atoms with Gasteiger partial charge in [-0.1, -0.05) is 13.8 Å². The number of aryl methyl sites for hydroxylation is 2. The molecule has 1 aromatic heterocycles. The number of aromatic nitrogens is 2. The largest absolute Gasteiger partial charge is 0.317 e. The molecule has 0 aromatic carbocycles. The molecule has 1 N–H and O–H groups in total. The van der Waals surface area contributed by atoms with Crippen molar-refractivity contribution in [3.8, 4) is 0 Å². The molecule has 0 amide bonds. The van der Waals surface area contributed by atoms with E-state index in [4.69, 9.17) is 0 Å². The highest BCUT2D eigenvalue weighted by atomic mass is 14.9. The van der Waals surface area contributed by atoms with Gasteiger partial charge in [0, 0.05) is 23.3 Å². The van der Waals surface area contributed by atoms with E-state index in [1.54, 1.807) is 0 Å². The molecule has 16 heavy (non-hydrogen) atoms. The van der Waals surface area contributed by atoms with Gasteiger partial charge in [0.05, 0.1) is 0 Å². The van der Waals surface area contributed by atoms with Crippen LogP contribution in [0.1, 0.15) is 43.9 Å². The maximum atomic E-state index is 4.57. The van der Waals surface area contributed by atoms with Crippen LogP contribution >= 0.6 is 0 Å². The van der Waals surface area contributed by atoms with Gasteiger partial charge in [0.15, 0.2) is 0 Å².